The van der Waals surface area contributed by atoms with Crippen molar-refractivity contribution in [2.45, 2.75) is 19.1 Å². The Bertz CT molecular complexity index is 45.3. The van der Waals surface area contributed by atoms with Crippen LogP contribution >= 0.6 is 12.6 Å². The molecule has 7 heavy (non-hydrogen) atoms. The Morgan fingerprint density at radius 2 is 2.00 bits per heavy atom. The zero-order valence-corrected chi connectivity index (χ0v) is 5.65. The van der Waals surface area contributed by atoms with E-state index in [1.807, 2.05) is 13.8 Å². The molecule has 0 aliphatic carbocycles. The molecule has 1 unspecified atom stereocenters. The van der Waals surface area contributed by atoms with Gasteiger partial charge in [0, 0.05) is 5.25 Å². The van der Waals surface area contributed by atoms with E-state index in [0.717, 1.165) is 0 Å². The molecule has 1 nitrogen and oxygen atoms in total. The third kappa shape index (κ3) is 2.94. The van der Waals surface area contributed by atoms with Crippen molar-refractivity contribution in [3.05, 3.63) is 0 Å². The van der Waals surface area contributed by atoms with E-state index < -0.39 is 0 Å². The molecule has 0 fully saturated rings. The van der Waals surface area contributed by atoms with Crippen LogP contribution in [-0.2, 0) is 0 Å². The fraction of sp³-hybridized carbons (Fsp3) is 1.00. The van der Waals surface area contributed by atoms with Crippen LogP contribution in [0.25, 0.3) is 0 Å². The Balaban J connectivity index is 3.14. The van der Waals surface area contributed by atoms with Gasteiger partial charge in [-0.05, 0) is 5.92 Å². The summed E-state index contributed by atoms with van der Waals surface area (Å²) in [6.07, 6.45) is 0. The minimum atomic E-state index is 0.153. The van der Waals surface area contributed by atoms with Crippen LogP contribution in [0.4, 0.5) is 0 Å². The molecule has 0 rings (SSSR count). The minimum Gasteiger partial charge on any atom is -0.395 e. The van der Waals surface area contributed by atoms with Gasteiger partial charge in [0.1, 0.15) is 0 Å². The Hall–Kier alpha value is 0.310. The fourth-order valence-corrected chi connectivity index (χ4v) is 0.211. The van der Waals surface area contributed by atoms with Gasteiger partial charge >= 0.3 is 0 Å². The molecule has 0 saturated carbocycles. The normalized spacial score (nSPS) is 15.0. The number of thiol groups is 1. The lowest BCUT2D eigenvalue weighted by molar-refractivity contribution is 0.276. The van der Waals surface area contributed by atoms with Crippen molar-refractivity contribution in [1.82, 2.24) is 0 Å². The van der Waals surface area contributed by atoms with E-state index in [1.54, 1.807) is 0 Å². The van der Waals surface area contributed by atoms with Crippen LogP contribution in [0, 0.1) is 5.92 Å². The maximum absolute atomic E-state index is 8.43. The Kier molecular flexibility index (Phi) is 3.48. The number of hydrogen-bond donors (Lipinski definition) is 2. The van der Waals surface area contributed by atoms with Gasteiger partial charge in [-0.15, -0.1) is 0 Å². The zero-order valence-electron chi connectivity index (χ0n) is 4.76. The number of aliphatic hydroxyl groups is 1. The van der Waals surface area contributed by atoms with Gasteiger partial charge in [0.2, 0.25) is 0 Å². The molecule has 0 spiro atoms. The summed E-state index contributed by atoms with van der Waals surface area (Å²) in [5.74, 6) is 0.480. The third-order valence-corrected chi connectivity index (χ3v) is 1.72. The first-order valence-electron chi connectivity index (χ1n) is 2.47. The van der Waals surface area contributed by atoms with Crippen molar-refractivity contribution in [2.24, 2.45) is 5.92 Å². The van der Waals surface area contributed by atoms with Crippen LogP contribution in [0.5, 0.6) is 0 Å². The second-order valence-corrected chi connectivity index (χ2v) is 2.66. The first-order chi connectivity index (χ1) is 3.18. The highest BCUT2D eigenvalue weighted by atomic mass is 32.1. The summed E-state index contributed by atoms with van der Waals surface area (Å²) in [4.78, 5) is 0. The fourth-order valence-electron chi connectivity index (χ4n) is 0.211. The van der Waals surface area contributed by atoms with Crippen molar-refractivity contribution >= 4 is 12.6 Å². The van der Waals surface area contributed by atoms with Crippen LogP contribution in [0.2, 0.25) is 0 Å². The second kappa shape index (κ2) is 3.33. The van der Waals surface area contributed by atoms with Crippen molar-refractivity contribution in [2.75, 3.05) is 6.61 Å². The van der Waals surface area contributed by atoms with E-state index in [9.17, 15) is 0 Å². The van der Waals surface area contributed by atoms with Crippen molar-refractivity contribution in [1.29, 1.82) is 0 Å². The Morgan fingerprint density at radius 1 is 1.57 bits per heavy atom. The standard InChI is InChI=1S/C5H12OS/c1-4(2)5(7)3-6/h4-7H,3H2,1-2H3. The smallest absolute Gasteiger partial charge is 0.0549 e. The predicted molar refractivity (Wildman–Crippen MR) is 34.7 cm³/mol. The SMILES string of the molecule is CC(C)C(S)CO. The van der Waals surface area contributed by atoms with Gasteiger partial charge in [-0.3, -0.25) is 0 Å². The molecule has 2 heteroatoms. The topological polar surface area (TPSA) is 20.2 Å². The van der Waals surface area contributed by atoms with Gasteiger partial charge in [-0.2, -0.15) is 12.6 Å². The van der Waals surface area contributed by atoms with Crippen molar-refractivity contribution < 1.29 is 5.11 Å². The lowest BCUT2D eigenvalue weighted by Gasteiger charge is -2.08. The molecule has 0 saturated heterocycles. The summed E-state index contributed by atoms with van der Waals surface area (Å²) in [7, 11) is 0. The predicted octanol–water partition coefficient (Wildman–Crippen LogP) is 0.933. The molecule has 0 amide bonds. The summed E-state index contributed by atoms with van der Waals surface area (Å²) in [6.45, 7) is 4.25. The first kappa shape index (κ1) is 7.31. The molecule has 0 bridgehead atoms. The molecule has 1 N–H and O–H groups in total. The molecular weight excluding hydrogens is 108 g/mol. The van der Waals surface area contributed by atoms with Gasteiger partial charge in [0.15, 0.2) is 0 Å². The average Bonchev–Trinajstić information content (AvgIpc) is 1.65. The monoisotopic (exact) mass is 120 g/mol. The summed E-state index contributed by atoms with van der Waals surface area (Å²) >= 11 is 4.07. The first-order valence-corrected chi connectivity index (χ1v) is 2.99. The van der Waals surface area contributed by atoms with Gasteiger partial charge in [0.05, 0.1) is 6.61 Å². The Labute approximate surface area is 50.1 Å². The van der Waals surface area contributed by atoms with Crippen LogP contribution in [0.1, 0.15) is 13.8 Å². The average molecular weight is 120 g/mol. The van der Waals surface area contributed by atoms with Crippen LogP contribution in [-0.4, -0.2) is 17.0 Å². The molecule has 1 atom stereocenters. The van der Waals surface area contributed by atoms with Gasteiger partial charge < -0.3 is 5.11 Å². The summed E-state index contributed by atoms with van der Waals surface area (Å²) in [5.41, 5.74) is 0. The molecule has 0 aliphatic rings. The van der Waals surface area contributed by atoms with E-state index >= 15 is 0 Å². The highest BCUT2D eigenvalue weighted by Crippen LogP contribution is 2.05. The second-order valence-electron chi connectivity index (χ2n) is 1.99. The highest BCUT2D eigenvalue weighted by molar-refractivity contribution is 7.81. The summed E-state index contributed by atoms with van der Waals surface area (Å²) < 4.78 is 0. The van der Waals surface area contributed by atoms with Crippen LogP contribution in [0.3, 0.4) is 0 Å². The van der Waals surface area contributed by atoms with E-state index in [4.69, 9.17) is 5.11 Å². The van der Waals surface area contributed by atoms with E-state index in [2.05, 4.69) is 12.6 Å². The third-order valence-electron chi connectivity index (χ3n) is 0.957. The van der Waals surface area contributed by atoms with E-state index in [-0.39, 0.29) is 11.9 Å². The lowest BCUT2D eigenvalue weighted by atomic mass is 10.1. The molecule has 44 valence electrons. The van der Waals surface area contributed by atoms with Crippen LogP contribution in [0.15, 0.2) is 0 Å². The van der Waals surface area contributed by atoms with Gasteiger partial charge in [-0.1, -0.05) is 13.8 Å². The molecule has 0 aromatic heterocycles. The molecule has 0 radical (unpaired) electrons. The summed E-state index contributed by atoms with van der Waals surface area (Å²) in [5, 5.41) is 8.58. The number of aliphatic hydroxyl groups excluding tert-OH is 1. The summed E-state index contributed by atoms with van der Waals surface area (Å²) in [6, 6.07) is 0. The molecule has 0 heterocycles. The number of rotatable bonds is 2. The highest BCUT2D eigenvalue weighted by Gasteiger charge is 2.03. The van der Waals surface area contributed by atoms with Gasteiger partial charge in [0.25, 0.3) is 0 Å². The van der Waals surface area contributed by atoms with Crippen LogP contribution < -0.4 is 0 Å². The maximum atomic E-state index is 8.43. The maximum Gasteiger partial charge on any atom is 0.0549 e. The number of hydrogen-bond acceptors (Lipinski definition) is 2. The Morgan fingerprint density at radius 3 is 2.00 bits per heavy atom. The minimum absolute atomic E-state index is 0.153. The van der Waals surface area contributed by atoms with E-state index in [1.165, 1.54) is 0 Å². The quantitative estimate of drug-likeness (QED) is 0.519. The molecule has 0 aromatic rings. The zero-order chi connectivity index (χ0) is 5.86. The molecular formula is C5H12OS. The largest absolute Gasteiger partial charge is 0.395 e. The van der Waals surface area contributed by atoms with E-state index in [0.29, 0.717) is 5.92 Å². The molecule has 0 aliphatic heterocycles. The van der Waals surface area contributed by atoms with Gasteiger partial charge in [-0.25, -0.2) is 0 Å². The molecule has 0 aromatic carbocycles. The lowest BCUT2D eigenvalue weighted by Crippen LogP contribution is -2.11. The van der Waals surface area contributed by atoms with Crippen molar-refractivity contribution in [3.63, 3.8) is 0 Å². The van der Waals surface area contributed by atoms with Crippen molar-refractivity contribution in [3.8, 4) is 0 Å².